The lowest BCUT2D eigenvalue weighted by atomic mass is 10.1. The summed E-state index contributed by atoms with van der Waals surface area (Å²) in [4.78, 5) is 0. The van der Waals surface area contributed by atoms with Gasteiger partial charge in [0.05, 0.1) is 12.1 Å². The van der Waals surface area contributed by atoms with E-state index in [1.165, 1.54) is 0 Å². The molecule has 5 nitrogen and oxygen atoms in total. The second-order valence-corrected chi connectivity index (χ2v) is 4.15. The molecule has 0 radical (unpaired) electrons. The quantitative estimate of drug-likeness (QED) is 0.764. The SMILES string of the molecule is CC(C1CCCO1)n1c(CO)n[nH]c1=S. The summed E-state index contributed by atoms with van der Waals surface area (Å²) in [7, 11) is 0. The molecule has 0 aromatic carbocycles. The van der Waals surface area contributed by atoms with Crippen molar-refractivity contribution in [3.05, 3.63) is 10.6 Å². The molecule has 1 saturated heterocycles. The summed E-state index contributed by atoms with van der Waals surface area (Å²) in [6.45, 7) is 2.75. The summed E-state index contributed by atoms with van der Waals surface area (Å²) in [6.07, 6.45) is 2.31. The fraction of sp³-hybridized carbons (Fsp3) is 0.778. The second-order valence-electron chi connectivity index (χ2n) is 3.77. The number of H-pyrrole nitrogens is 1. The molecule has 1 fully saturated rings. The minimum Gasteiger partial charge on any atom is -0.388 e. The number of nitrogens with zero attached hydrogens (tertiary/aromatic N) is 2. The number of hydrogen-bond donors (Lipinski definition) is 2. The van der Waals surface area contributed by atoms with Crippen molar-refractivity contribution in [2.24, 2.45) is 0 Å². The van der Waals surface area contributed by atoms with E-state index in [9.17, 15) is 0 Å². The number of aromatic amines is 1. The minimum absolute atomic E-state index is 0.107. The molecule has 2 rings (SSSR count). The first-order valence-electron chi connectivity index (χ1n) is 5.12. The van der Waals surface area contributed by atoms with Gasteiger partial charge in [-0.1, -0.05) is 0 Å². The van der Waals surface area contributed by atoms with Crippen LogP contribution in [0.15, 0.2) is 0 Å². The van der Waals surface area contributed by atoms with E-state index in [-0.39, 0.29) is 18.8 Å². The highest BCUT2D eigenvalue weighted by Gasteiger charge is 2.25. The third-order valence-electron chi connectivity index (χ3n) is 2.83. The third kappa shape index (κ3) is 1.97. The smallest absolute Gasteiger partial charge is 0.195 e. The number of aliphatic hydroxyl groups is 1. The van der Waals surface area contributed by atoms with Gasteiger partial charge in [0.1, 0.15) is 6.61 Å². The van der Waals surface area contributed by atoms with Gasteiger partial charge in [-0.05, 0) is 32.0 Å². The van der Waals surface area contributed by atoms with Crippen LogP contribution in [0.5, 0.6) is 0 Å². The van der Waals surface area contributed by atoms with Crippen molar-refractivity contribution in [1.82, 2.24) is 14.8 Å². The summed E-state index contributed by atoms with van der Waals surface area (Å²) in [6, 6.07) is 0.126. The van der Waals surface area contributed by atoms with Crippen LogP contribution in [-0.2, 0) is 11.3 Å². The molecule has 0 spiro atoms. The van der Waals surface area contributed by atoms with Crippen molar-refractivity contribution in [2.45, 2.75) is 38.5 Å². The average molecular weight is 229 g/mol. The number of hydrogen-bond acceptors (Lipinski definition) is 4. The van der Waals surface area contributed by atoms with Gasteiger partial charge in [-0.15, -0.1) is 0 Å². The molecular formula is C9H15N3O2S. The van der Waals surface area contributed by atoms with Crippen molar-refractivity contribution in [3.8, 4) is 0 Å². The van der Waals surface area contributed by atoms with E-state index in [1.807, 2.05) is 11.5 Å². The fourth-order valence-corrected chi connectivity index (χ4v) is 2.34. The summed E-state index contributed by atoms with van der Waals surface area (Å²) in [5, 5.41) is 15.8. The Morgan fingerprint density at radius 3 is 3.20 bits per heavy atom. The Morgan fingerprint density at radius 1 is 1.80 bits per heavy atom. The maximum Gasteiger partial charge on any atom is 0.195 e. The first-order chi connectivity index (χ1) is 7.24. The molecule has 0 saturated carbocycles. The lowest BCUT2D eigenvalue weighted by Crippen LogP contribution is -2.22. The molecule has 0 aliphatic carbocycles. The molecule has 1 aromatic heterocycles. The molecule has 2 atom stereocenters. The van der Waals surface area contributed by atoms with Gasteiger partial charge in [0.15, 0.2) is 10.6 Å². The zero-order chi connectivity index (χ0) is 10.8. The van der Waals surface area contributed by atoms with Gasteiger partial charge in [-0.2, -0.15) is 5.10 Å². The Hall–Kier alpha value is -0.720. The van der Waals surface area contributed by atoms with Gasteiger partial charge in [-0.25, -0.2) is 0 Å². The largest absolute Gasteiger partial charge is 0.388 e. The van der Waals surface area contributed by atoms with E-state index in [4.69, 9.17) is 22.1 Å². The third-order valence-corrected chi connectivity index (χ3v) is 3.12. The van der Waals surface area contributed by atoms with Crippen LogP contribution in [0.1, 0.15) is 31.6 Å². The fourth-order valence-electron chi connectivity index (χ4n) is 2.02. The molecule has 84 valence electrons. The highest BCUT2D eigenvalue weighted by molar-refractivity contribution is 7.71. The molecule has 1 aliphatic rings. The summed E-state index contributed by atoms with van der Waals surface area (Å²) in [5.41, 5.74) is 0. The Balaban J connectivity index is 2.26. The van der Waals surface area contributed by atoms with Crippen molar-refractivity contribution in [2.75, 3.05) is 6.61 Å². The number of ether oxygens (including phenoxy) is 1. The molecular weight excluding hydrogens is 214 g/mol. The van der Waals surface area contributed by atoms with Gasteiger partial charge in [0.25, 0.3) is 0 Å². The van der Waals surface area contributed by atoms with Gasteiger partial charge < -0.3 is 9.84 Å². The molecule has 0 bridgehead atoms. The molecule has 1 aromatic rings. The van der Waals surface area contributed by atoms with E-state index in [1.54, 1.807) is 0 Å². The monoisotopic (exact) mass is 229 g/mol. The van der Waals surface area contributed by atoms with E-state index in [0.29, 0.717) is 10.6 Å². The van der Waals surface area contributed by atoms with Crippen LogP contribution in [-0.4, -0.2) is 32.6 Å². The predicted octanol–water partition coefficient (Wildman–Crippen LogP) is 1.17. The predicted molar refractivity (Wildman–Crippen MR) is 57.0 cm³/mol. The molecule has 2 N–H and O–H groups in total. The summed E-state index contributed by atoms with van der Waals surface area (Å²) in [5.74, 6) is 0.572. The standard InChI is InChI=1S/C9H15N3O2S/c1-6(7-3-2-4-14-7)12-8(5-13)10-11-9(12)15/h6-7,13H,2-5H2,1H3,(H,11,15). The van der Waals surface area contributed by atoms with Crippen molar-refractivity contribution in [3.63, 3.8) is 0 Å². The van der Waals surface area contributed by atoms with E-state index in [2.05, 4.69) is 10.2 Å². The highest BCUT2D eigenvalue weighted by Crippen LogP contribution is 2.25. The van der Waals surface area contributed by atoms with Crippen molar-refractivity contribution >= 4 is 12.2 Å². The van der Waals surface area contributed by atoms with Gasteiger partial charge >= 0.3 is 0 Å². The average Bonchev–Trinajstić information content (AvgIpc) is 2.85. The summed E-state index contributed by atoms with van der Waals surface area (Å²) < 4.78 is 7.98. The normalized spacial score (nSPS) is 23.2. The van der Waals surface area contributed by atoms with Gasteiger partial charge in [0, 0.05) is 6.61 Å². The zero-order valence-electron chi connectivity index (χ0n) is 8.64. The number of rotatable bonds is 3. The van der Waals surface area contributed by atoms with Crippen molar-refractivity contribution < 1.29 is 9.84 Å². The highest BCUT2D eigenvalue weighted by atomic mass is 32.1. The van der Waals surface area contributed by atoms with Crippen LogP contribution in [0.3, 0.4) is 0 Å². The first-order valence-corrected chi connectivity index (χ1v) is 5.53. The van der Waals surface area contributed by atoms with Crippen LogP contribution >= 0.6 is 12.2 Å². The molecule has 15 heavy (non-hydrogen) atoms. The Morgan fingerprint density at radius 2 is 2.60 bits per heavy atom. The number of aliphatic hydroxyl groups excluding tert-OH is 1. The molecule has 2 unspecified atom stereocenters. The van der Waals surface area contributed by atoms with E-state index >= 15 is 0 Å². The van der Waals surface area contributed by atoms with E-state index in [0.717, 1.165) is 19.4 Å². The second kappa shape index (κ2) is 4.42. The Labute approximate surface area is 93.1 Å². The first kappa shape index (κ1) is 10.8. The summed E-state index contributed by atoms with van der Waals surface area (Å²) >= 11 is 5.13. The maximum atomic E-state index is 9.13. The van der Waals surface area contributed by atoms with Crippen LogP contribution in [0.4, 0.5) is 0 Å². The maximum absolute atomic E-state index is 9.13. The van der Waals surface area contributed by atoms with Crippen molar-refractivity contribution in [1.29, 1.82) is 0 Å². The van der Waals surface area contributed by atoms with Crippen LogP contribution < -0.4 is 0 Å². The Kier molecular flexibility index (Phi) is 3.18. The number of aromatic nitrogens is 3. The van der Waals surface area contributed by atoms with Crippen LogP contribution in [0, 0.1) is 4.77 Å². The Bertz CT molecular complexity index is 381. The topological polar surface area (TPSA) is 63.1 Å². The lowest BCUT2D eigenvalue weighted by Gasteiger charge is -2.20. The van der Waals surface area contributed by atoms with Gasteiger partial charge in [-0.3, -0.25) is 9.67 Å². The van der Waals surface area contributed by atoms with Crippen LogP contribution in [0.25, 0.3) is 0 Å². The molecule has 2 heterocycles. The molecule has 6 heteroatoms. The zero-order valence-corrected chi connectivity index (χ0v) is 9.46. The molecule has 0 amide bonds. The lowest BCUT2D eigenvalue weighted by molar-refractivity contribution is 0.0703. The van der Waals surface area contributed by atoms with E-state index < -0.39 is 0 Å². The van der Waals surface area contributed by atoms with Gasteiger partial charge in [0.2, 0.25) is 0 Å². The molecule has 1 aliphatic heterocycles. The minimum atomic E-state index is -0.107. The number of nitrogens with one attached hydrogen (secondary N) is 1. The van der Waals surface area contributed by atoms with Crippen LogP contribution in [0.2, 0.25) is 0 Å².